The first-order valence-electron chi connectivity index (χ1n) is 7.54. The number of carbonyl (C=O) groups excluding carboxylic acids is 1. The minimum atomic E-state index is -1.20. The Labute approximate surface area is 155 Å². The Morgan fingerprint density at radius 3 is 2.60 bits per heavy atom. The Morgan fingerprint density at radius 1 is 1.28 bits per heavy atom. The molecule has 0 saturated heterocycles. The van der Waals surface area contributed by atoms with Crippen LogP contribution >= 0.6 is 23.2 Å². The smallest absolute Gasteiger partial charge is 0.333 e. The van der Waals surface area contributed by atoms with Gasteiger partial charge in [-0.05, 0) is 24.6 Å². The number of aliphatic hydroxyl groups is 1. The number of phenols is 1. The van der Waals surface area contributed by atoms with Crippen LogP contribution in [0.1, 0.15) is 24.2 Å². The van der Waals surface area contributed by atoms with Crippen LogP contribution in [0.15, 0.2) is 47.5 Å². The lowest BCUT2D eigenvalue weighted by atomic mass is 10.0. The molecule has 0 aliphatic heterocycles. The van der Waals surface area contributed by atoms with E-state index in [-0.39, 0.29) is 22.9 Å². The molecule has 0 unspecified atom stereocenters. The van der Waals surface area contributed by atoms with Gasteiger partial charge in [-0.1, -0.05) is 53.5 Å². The molecule has 0 aromatic heterocycles. The van der Waals surface area contributed by atoms with Gasteiger partial charge < -0.3 is 14.9 Å². The third-order valence-electron chi connectivity index (χ3n) is 3.40. The number of rotatable bonds is 6. The molecule has 2 atom stereocenters. The van der Waals surface area contributed by atoms with Crippen LogP contribution < -0.4 is 0 Å². The molecule has 0 spiro atoms. The van der Waals surface area contributed by atoms with Crippen molar-refractivity contribution in [3.8, 4) is 5.75 Å². The highest BCUT2D eigenvalue weighted by Crippen LogP contribution is 2.30. The number of carbonyl (C=O) groups is 1. The largest absolute Gasteiger partial charge is 0.506 e. The lowest BCUT2D eigenvalue weighted by Gasteiger charge is -2.18. The van der Waals surface area contributed by atoms with E-state index < -0.39 is 18.1 Å². The number of hydrogen-bond acceptors (Lipinski definition) is 5. The van der Waals surface area contributed by atoms with Crippen molar-refractivity contribution in [2.75, 3.05) is 6.61 Å². The van der Waals surface area contributed by atoms with Crippen LogP contribution in [0.4, 0.5) is 0 Å². The zero-order valence-electron chi connectivity index (χ0n) is 13.4. The summed E-state index contributed by atoms with van der Waals surface area (Å²) in [5, 5.41) is 20.8. The molecule has 132 valence electrons. The highest BCUT2D eigenvalue weighted by molar-refractivity contribution is 6.36. The molecule has 2 aromatic rings. The van der Waals surface area contributed by atoms with Crippen LogP contribution in [0.2, 0.25) is 10.0 Å². The number of phenolic OH excluding ortho intramolecular Hbond substituents is 1. The van der Waals surface area contributed by atoms with Crippen LogP contribution in [-0.2, 0) is 9.53 Å². The maximum atomic E-state index is 12.2. The average molecular weight is 382 g/mol. The molecular formula is C18H17Cl2NO4. The van der Waals surface area contributed by atoms with Crippen molar-refractivity contribution in [2.45, 2.75) is 19.1 Å². The van der Waals surface area contributed by atoms with E-state index in [0.717, 1.165) is 0 Å². The number of benzene rings is 2. The van der Waals surface area contributed by atoms with E-state index in [4.69, 9.17) is 27.9 Å². The monoisotopic (exact) mass is 381 g/mol. The van der Waals surface area contributed by atoms with E-state index in [0.29, 0.717) is 10.6 Å². The zero-order chi connectivity index (χ0) is 18.4. The molecule has 2 rings (SSSR count). The zero-order valence-corrected chi connectivity index (χ0v) is 14.9. The molecule has 0 fully saturated rings. The normalized spacial score (nSPS) is 13.6. The second kappa shape index (κ2) is 8.85. The molecule has 2 N–H and O–H groups in total. The fourth-order valence-electron chi connectivity index (χ4n) is 2.18. The number of ether oxygens (including phenoxy) is 1. The summed E-state index contributed by atoms with van der Waals surface area (Å²) in [6.07, 6.45) is 0.0363. The maximum Gasteiger partial charge on any atom is 0.333 e. The van der Waals surface area contributed by atoms with E-state index in [9.17, 15) is 15.0 Å². The van der Waals surface area contributed by atoms with Gasteiger partial charge >= 0.3 is 5.97 Å². The molecule has 0 amide bonds. The Morgan fingerprint density at radius 2 is 1.96 bits per heavy atom. The molecule has 2 aromatic carbocycles. The van der Waals surface area contributed by atoms with Gasteiger partial charge in [0.2, 0.25) is 0 Å². The van der Waals surface area contributed by atoms with Crippen molar-refractivity contribution in [2.24, 2.45) is 4.99 Å². The van der Waals surface area contributed by atoms with E-state index >= 15 is 0 Å². The number of aliphatic hydroxyl groups excluding tert-OH is 1. The highest BCUT2D eigenvalue weighted by atomic mass is 35.5. The van der Waals surface area contributed by atoms with Gasteiger partial charge in [0.15, 0.2) is 6.04 Å². The Bertz CT molecular complexity index is 765. The lowest BCUT2D eigenvalue weighted by Crippen LogP contribution is -2.28. The van der Waals surface area contributed by atoms with E-state index in [1.165, 1.54) is 18.3 Å². The Kier molecular flexibility index (Phi) is 6.82. The van der Waals surface area contributed by atoms with Crippen molar-refractivity contribution in [3.05, 3.63) is 63.6 Å². The van der Waals surface area contributed by atoms with Gasteiger partial charge in [0.25, 0.3) is 0 Å². The average Bonchev–Trinajstić information content (AvgIpc) is 2.60. The van der Waals surface area contributed by atoms with Gasteiger partial charge in [0.1, 0.15) is 11.9 Å². The van der Waals surface area contributed by atoms with Crippen LogP contribution in [0.3, 0.4) is 0 Å². The summed E-state index contributed by atoms with van der Waals surface area (Å²) in [5.74, 6) is -0.894. The highest BCUT2D eigenvalue weighted by Gasteiger charge is 2.28. The van der Waals surface area contributed by atoms with E-state index in [1.54, 1.807) is 37.3 Å². The van der Waals surface area contributed by atoms with E-state index in [1.807, 2.05) is 0 Å². The predicted octanol–water partition coefficient (Wildman–Crippen LogP) is 3.78. The third kappa shape index (κ3) is 4.95. The first-order chi connectivity index (χ1) is 11.9. The summed E-state index contributed by atoms with van der Waals surface area (Å²) < 4.78 is 4.99. The molecule has 25 heavy (non-hydrogen) atoms. The van der Waals surface area contributed by atoms with Gasteiger partial charge in [0, 0.05) is 16.8 Å². The topological polar surface area (TPSA) is 79.1 Å². The Hall–Kier alpha value is -2.08. The molecule has 7 heteroatoms. The van der Waals surface area contributed by atoms with Crippen molar-refractivity contribution in [1.82, 2.24) is 0 Å². The van der Waals surface area contributed by atoms with Gasteiger partial charge in [0.05, 0.1) is 11.6 Å². The number of halogens is 2. The van der Waals surface area contributed by atoms with Crippen molar-refractivity contribution < 1.29 is 19.7 Å². The van der Waals surface area contributed by atoms with Crippen LogP contribution in [0.5, 0.6) is 5.75 Å². The summed E-state index contributed by atoms with van der Waals surface area (Å²) in [4.78, 5) is 16.3. The molecular weight excluding hydrogens is 365 g/mol. The molecule has 0 aliphatic carbocycles. The molecule has 0 heterocycles. The minimum absolute atomic E-state index is 0.0604. The summed E-state index contributed by atoms with van der Waals surface area (Å²) in [5.41, 5.74) is 0.748. The summed E-state index contributed by atoms with van der Waals surface area (Å²) in [7, 11) is 0. The first-order valence-corrected chi connectivity index (χ1v) is 8.30. The maximum absolute atomic E-state index is 12.2. The molecule has 0 aliphatic rings. The third-order valence-corrected chi connectivity index (χ3v) is 3.91. The number of aromatic hydroxyl groups is 1. The standard InChI is InChI=1S/C18H17Cl2NO4/c1-2-25-18(24)15(17(23)11-6-4-3-5-7-11)21-10-12-8-13(19)9-14(20)16(12)22/h3-10,15,17,22-23H,2H2,1H3/t15-,17+/m1/s1. The van der Waals surface area contributed by atoms with Crippen LogP contribution in [0.25, 0.3) is 0 Å². The summed E-state index contributed by atoms with van der Waals surface area (Å²) in [6.45, 7) is 1.82. The van der Waals surface area contributed by atoms with Gasteiger partial charge in [-0.2, -0.15) is 0 Å². The SMILES string of the molecule is CCOC(=O)[C@H](N=Cc1cc(Cl)cc(Cl)c1O)[C@@H](O)c1ccccc1. The first kappa shape index (κ1) is 19.2. The summed E-state index contributed by atoms with van der Waals surface area (Å²) >= 11 is 11.8. The van der Waals surface area contributed by atoms with Crippen LogP contribution in [-0.4, -0.2) is 35.0 Å². The van der Waals surface area contributed by atoms with Crippen molar-refractivity contribution in [1.29, 1.82) is 0 Å². The van der Waals surface area contributed by atoms with Gasteiger partial charge in [-0.3, -0.25) is 4.99 Å². The fourth-order valence-corrected chi connectivity index (χ4v) is 2.69. The molecule has 0 saturated carbocycles. The van der Waals surface area contributed by atoms with E-state index in [2.05, 4.69) is 4.99 Å². The summed E-state index contributed by atoms with van der Waals surface area (Å²) in [6, 6.07) is 10.3. The number of aliphatic imine (C=N–C) groups is 1. The van der Waals surface area contributed by atoms with Crippen LogP contribution in [0, 0.1) is 0 Å². The second-order valence-corrected chi connectivity index (χ2v) is 6.00. The molecule has 5 nitrogen and oxygen atoms in total. The predicted molar refractivity (Wildman–Crippen MR) is 97.5 cm³/mol. The second-order valence-electron chi connectivity index (χ2n) is 5.16. The van der Waals surface area contributed by atoms with Crippen molar-refractivity contribution >= 4 is 35.4 Å². The van der Waals surface area contributed by atoms with Gasteiger partial charge in [-0.15, -0.1) is 0 Å². The molecule has 0 bridgehead atoms. The lowest BCUT2D eigenvalue weighted by molar-refractivity contribution is -0.147. The number of esters is 1. The van der Waals surface area contributed by atoms with Gasteiger partial charge in [-0.25, -0.2) is 4.79 Å². The quantitative estimate of drug-likeness (QED) is 0.589. The number of nitrogens with zero attached hydrogens (tertiary/aromatic N) is 1. The molecule has 0 radical (unpaired) electrons. The number of hydrogen-bond donors (Lipinski definition) is 2. The fraction of sp³-hybridized carbons (Fsp3) is 0.222. The Balaban J connectivity index is 2.35. The minimum Gasteiger partial charge on any atom is -0.506 e. The van der Waals surface area contributed by atoms with Crippen molar-refractivity contribution in [3.63, 3.8) is 0 Å².